The molecule has 1 aromatic carbocycles. The Hall–Kier alpha value is -1.31. The van der Waals surface area contributed by atoms with Crippen molar-refractivity contribution in [1.29, 1.82) is 0 Å². The van der Waals surface area contributed by atoms with Gasteiger partial charge in [0.25, 0.3) is 0 Å². The maximum Gasteiger partial charge on any atom is 0.244 e. The fourth-order valence-corrected chi connectivity index (χ4v) is 4.31. The average molecular weight is 356 g/mol. The van der Waals surface area contributed by atoms with Gasteiger partial charge in [0.2, 0.25) is 10.0 Å². The summed E-state index contributed by atoms with van der Waals surface area (Å²) in [5.74, 6) is 0.797. The summed E-state index contributed by atoms with van der Waals surface area (Å²) in [6.07, 6.45) is 4.54. The van der Waals surface area contributed by atoms with Crippen LogP contribution < -0.4 is 14.2 Å². The summed E-state index contributed by atoms with van der Waals surface area (Å²) in [6, 6.07) is 5.35. The molecular weight excluding hydrogens is 328 g/mol. The van der Waals surface area contributed by atoms with Crippen molar-refractivity contribution in [3.05, 3.63) is 18.2 Å². The van der Waals surface area contributed by atoms with Gasteiger partial charge in [-0.05, 0) is 51.4 Å². The van der Waals surface area contributed by atoms with E-state index in [1.807, 2.05) is 0 Å². The third-order valence-corrected chi connectivity index (χ3v) is 6.00. The van der Waals surface area contributed by atoms with Gasteiger partial charge in [0.15, 0.2) is 0 Å². The number of methoxy groups -OCH3 is 2. The van der Waals surface area contributed by atoms with Crippen LogP contribution in [0.2, 0.25) is 0 Å². The number of sulfonamides is 1. The predicted octanol–water partition coefficient (Wildman–Crippen LogP) is 2.25. The van der Waals surface area contributed by atoms with Gasteiger partial charge in [0.05, 0.1) is 14.2 Å². The van der Waals surface area contributed by atoms with Gasteiger partial charge in [-0.15, -0.1) is 0 Å². The molecule has 0 amide bonds. The molecule has 24 heavy (non-hydrogen) atoms. The first-order valence-electron chi connectivity index (χ1n) is 8.43. The maximum atomic E-state index is 12.5. The summed E-state index contributed by atoms with van der Waals surface area (Å²) in [4.78, 5) is 2.54. The highest BCUT2D eigenvalue weighted by Gasteiger charge is 2.21. The highest BCUT2D eigenvalue weighted by molar-refractivity contribution is 7.89. The van der Waals surface area contributed by atoms with Crippen LogP contribution in [-0.4, -0.2) is 53.2 Å². The molecule has 1 N–H and O–H groups in total. The number of nitrogens with zero attached hydrogens (tertiary/aromatic N) is 1. The molecule has 0 aliphatic carbocycles. The van der Waals surface area contributed by atoms with E-state index in [4.69, 9.17) is 9.47 Å². The minimum absolute atomic E-state index is 0.107. The number of benzene rings is 1. The Morgan fingerprint density at radius 2 is 2.04 bits per heavy atom. The number of ether oxygens (including phenoxy) is 2. The molecular formula is C17H28N2O4S. The number of hydrogen-bond acceptors (Lipinski definition) is 5. The zero-order valence-corrected chi connectivity index (χ0v) is 15.6. The van der Waals surface area contributed by atoms with Gasteiger partial charge in [0, 0.05) is 18.7 Å². The van der Waals surface area contributed by atoms with Gasteiger partial charge >= 0.3 is 0 Å². The molecule has 1 saturated heterocycles. The summed E-state index contributed by atoms with van der Waals surface area (Å²) >= 11 is 0. The zero-order chi connectivity index (χ0) is 17.6. The molecule has 1 unspecified atom stereocenters. The molecule has 0 radical (unpaired) electrons. The van der Waals surface area contributed by atoms with Crippen molar-refractivity contribution >= 4 is 10.0 Å². The highest BCUT2D eigenvalue weighted by Crippen LogP contribution is 2.28. The van der Waals surface area contributed by atoms with E-state index in [1.165, 1.54) is 39.5 Å². The Labute approximate surface area is 145 Å². The molecule has 1 atom stereocenters. The number of piperidine rings is 1. The summed E-state index contributed by atoms with van der Waals surface area (Å²) in [7, 11) is -0.663. The Morgan fingerprint density at radius 1 is 1.25 bits per heavy atom. The van der Waals surface area contributed by atoms with Crippen molar-refractivity contribution in [3.63, 3.8) is 0 Å². The Bertz CT molecular complexity index is 633. The van der Waals surface area contributed by atoms with Crippen molar-refractivity contribution in [2.45, 2.75) is 43.5 Å². The second kappa shape index (κ2) is 8.69. The number of likely N-dealkylation sites (tertiary alicyclic amines) is 1. The molecule has 1 aliphatic rings. The van der Waals surface area contributed by atoms with E-state index in [2.05, 4.69) is 16.5 Å². The van der Waals surface area contributed by atoms with Crippen LogP contribution in [0.1, 0.15) is 32.6 Å². The number of nitrogens with one attached hydrogen (secondary N) is 1. The normalized spacial score (nSPS) is 19.2. The molecule has 1 heterocycles. The van der Waals surface area contributed by atoms with Crippen LogP contribution in [0.5, 0.6) is 11.5 Å². The lowest BCUT2D eigenvalue weighted by Gasteiger charge is -2.33. The van der Waals surface area contributed by atoms with Crippen molar-refractivity contribution in [2.75, 3.05) is 33.9 Å². The van der Waals surface area contributed by atoms with Crippen molar-refractivity contribution < 1.29 is 17.9 Å². The van der Waals surface area contributed by atoms with Gasteiger partial charge in [-0.1, -0.05) is 6.42 Å². The second-order valence-electron chi connectivity index (χ2n) is 6.15. The van der Waals surface area contributed by atoms with Gasteiger partial charge in [-0.2, -0.15) is 0 Å². The quantitative estimate of drug-likeness (QED) is 0.724. The van der Waals surface area contributed by atoms with Crippen molar-refractivity contribution in [2.24, 2.45) is 0 Å². The first-order chi connectivity index (χ1) is 11.5. The first kappa shape index (κ1) is 19.0. The molecule has 7 heteroatoms. The Morgan fingerprint density at radius 3 is 2.71 bits per heavy atom. The lowest BCUT2D eigenvalue weighted by atomic mass is 10.0. The van der Waals surface area contributed by atoms with Crippen LogP contribution in [-0.2, 0) is 10.0 Å². The van der Waals surface area contributed by atoms with E-state index in [-0.39, 0.29) is 4.90 Å². The van der Waals surface area contributed by atoms with Gasteiger partial charge in [-0.3, -0.25) is 0 Å². The standard InChI is InChI=1S/C17H28N2O4S/c1-14-7-4-5-11-19(14)12-6-10-18-24(20,21)17-13-15(22-2)8-9-16(17)23-3/h8-9,13-14,18H,4-7,10-12H2,1-3H3. The summed E-state index contributed by atoms with van der Waals surface area (Å²) < 4.78 is 38.0. The highest BCUT2D eigenvalue weighted by atomic mass is 32.2. The van der Waals surface area contributed by atoms with E-state index in [1.54, 1.807) is 12.1 Å². The lowest BCUT2D eigenvalue weighted by molar-refractivity contribution is 0.159. The fourth-order valence-electron chi connectivity index (χ4n) is 3.05. The minimum Gasteiger partial charge on any atom is -0.497 e. The largest absolute Gasteiger partial charge is 0.497 e. The summed E-state index contributed by atoms with van der Waals surface area (Å²) in [5, 5.41) is 0. The minimum atomic E-state index is -3.63. The summed E-state index contributed by atoms with van der Waals surface area (Å²) in [5.41, 5.74) is 0. The summed E-state index contributed by atoms with van der Waals surface area (Å²) in [6.45, 7) is 4.67. The number of rotatable bonds is 8. The molecule has 0 aromatic heterocycles. The van der Waals surface area contributed by atoms with E-state index >= 15 is 0 Å². The van der Waals surface area contributed by atoms with Crippen LogP contribution >= 0.6 is 0 Å². The van der Waals surface area contributed by atoms with E-state index in [0.717, 1.165) is 19.5 Å². The molecule has 6 nitrogen and oxygen atoms in total. The monoisotopic (exact) mass is 356 g/mol. The fraction of sp³-hybridized carbons (Fsp3) is 0.647. The Balaban J connectivity index is 1.93. The van der Waals surface area contributed by atoms with Crippen LogP contribution in [0.15, 0.2) is 23.1 Å². The molecule has 1 aromatic rings. The number of hydrogen-bond donors (Lipinski definition) is 1. The van der Waals surface area contributed by atoms with Crippen LogP contribution in [0.4, 0.5) is 0 Å². The van der Waals surface area contributed by atoms with E-state index in [0.29, 0.717) is 24.1 Å². The molecule has 0 saturated carbocycles. The zero-order valence-electron chi connectivity index (χ0n) is 14.7. The third kappa shape index (κ3) is 4.84. The van der Waals surface area contributed by atoms with Gasteiger partial charge < -0.3 is 14.4 Å². The third-order valence-electron chi connectivity index (χ3n) is 4.52. The van der Waals surface area contributed by atoms with Gasteiger partial charge in [-0.25, -0.2) is 13.1 Å². The van der Waals surface area contributed by atoms with Crippen molar-refractivity contribution in [1.82, 2.24) is 9.62 Å². The Kier molecular flexibility index (Phi) is 6.89. The van der Waals surface area contributed by atoms with E-state index < -0.39 is 10.0 Å². The second-order valence-corrected chi connectivity index (χ2v) is 7.88. The molecule has 1 fully saturated rings. The van der Waals surface area contributed by atoms with Crippen LogP contribution in [0, 0.1) is 0 Å². The van der Waals surface area contributed by atoms with Crippen molar-refractivity contribution in [3.8, 4) is 11.5 Å². The lowest BCUT2D eigenvalue weighted by Crippen LogP contribution is -2.39. The smallest absolute Gasteiger partial charge is 0.244 e. The first-order valence-corrected chi connectivity index (χ1v) is 9.92. The SMILES string of the molecule is COc1ccc(OC)c(S(=O)(=O)NCCCN2CCCCC2C)c1. The van der Waals surface area contributed by atoms with Gasteiger partial charge in [0.1, 0.15) is 16.4 Å². The average Bonchev–Trinajstić information content (AvgIpc) is 2.59. The van der Waals surface area contributed by atoms with Crippen LogP contribution in [0.3, 0.4) is 0 Å². The molecule has 1 aliphatic heterocycles. The topological polar surface area (TPSA) is 67.9 Å². The molecule has 0 spiro atoms. The molecule has 136 valence electrons. The van der Waals surface area contributed by atoms with Crippen LogP contribution in [0.25, 0.3) is 0 Å². The molecule has 0 bridgehead atoms. The maximum absolute atomic E-state index is 12.5. The van der Waals surface area contributed by atoms with E-state index in [9.17, 15) is 8.42 Å². The molecule has 2 rings (SSSR count). The predicted molar refractivity (Wildman–Crippen MR) is 94.2 cm³/mol.